The van der Waals surface area contributed by atoms with Crippen molar-refractivity contribution in [2.24, 2.45) is 7.05 Å². The van der Waals surface area contributed by atoms with E-state index in [0.29, 0.717) is 6.04 Å². The molecule has 0 N–H and O–H groups in total. The minimum Gasteiger partial charge on any atom is -0.291 e. The Kier molecular flexibility index (Phi) is 2.71. The summed E-state index contributed by atoms with van der Waals surface area (Å²) in [4.78, 5) is 2.64. The summed E-state index contributed by atoms with van der Waals surface area (Å²) in [5.74, 6) is 0. The fraction of sp³-hybridized carbons (Fsp3) is 0.471. The Morgan fingerprint density at radius 2 is 2.05 bits per heavy atom. The maximum absolute atomic E-state index is 4.87. The van der Waals surface area contributed by atoms with Gasteiger partial charge in [0.25, 0.3) is 0 Å². The normalized spacial score (nSPS) is 24.9. The van der Waals surface area contributed by atoms with Crippen LogP contribution in [0.3, 0.4) is 0 Å². The third kappa shape index (κ3) is 1.59. The van der Waals surface area contributed by atoms with E-state index in [2.05, 4.69) is 53.9 Å². The topological polar surface area (TPSA) is 21.1 Å². The van der Waals surface area contributed by atoms with Crippen LogP contribution >= 0.6 is 0 Å². The second-order valence-electron chi connectivity index (χ2n) is 6.01. The van der Waals surface area contributed by atoms with Crippen molar-refractivity contribution >= 4 is 0 Å². The van der Waals surface area contributed by atoms with Crippen LogP contribution in [-0.2, 0) is 13.5 Å². The predicted octanol–water partition coefficient (Wildman–Crippen LogP) is 3.17. The minimum absolute atomic E-state index is 0.529. The van der Waals surface area contributed by atoms with Crippen LogP contribution in [0.5, 0.6) is 0 Å². The molecule has 1 aromatic heterocycles. The summed E-state index contributed by atoms with van der Waals surface area (Å²) < 4.78 is 2.09. The molecule has 2 unspecified atom stereocenters. The summed E-state index contributed by atoms with van der Waals surface area (Å²) in [6, 6.07) is 12.0. The molecule has 2 atom stereocenters. The van der Waals surface area contributed by atoms with Crippen LogP contribution in [0.2, 0.25) is 0 Å². The van der Waals surface area contributed by atoms with Crippen LogP contribution in [0, 0.1) is 0 Å². The first kappa shape index (κ1) is 12.2. The van der Waals surface area contributed by atoms with Crippen molar-refractivity contribution < 1.29 is 0 Å². The molecule has 20 heavy (non-hydrogen) atoms. The van der Waals surface area contributed by atoms with Crippen LogP contribution in [0.15, 0.2) is 30.3 Å². The van der Waals surface area contributed by atoms with Gasteiger partial charge >= 0.3 is 0 Å². The predicted molar refractivity (Wildman–Crippen MR) is 80.5 cm³/mol. The SMILES string of the molecule is CCC1c2nn(C)c(-c3ccccc3)c2CC2CCN21. The second-order valence-corrected chi connectivity index (χ2v) is 6.01. The maximum atomic E-state index is 4.87. The summed E-state index contributed by atoms with van der Waals surface area (Å²) in [7, 11) is 2.09. The molecule has 0 spiro atoms. The van der Waals surface area contributed by atoms with Gasteiger partial charge in [0.1, 0.15) is 0 Å². The standard InChI is InChI=1S/C17H21N3/c1-3-15-16-14(11-13-9-10-20(13)15)17(19(2)18-16)12-7-5-4-6-8-12/h4-8,13,15H,3,9-11H2,1-2H3. The molecule has 1 saturated heterocycles. The Balaban J connectivity index is 1.87. The summed E-state index contributed by atoms with van der Waals surface area (Å²) in [6.07, 6.45) is 3.68. The van der Waals surface area contributed by atoms with Crippen LogP contribution in [0.4, 0.5) is 0 Å². The highest BCUT2D eigenvalue weighted by Gasteiger charge is 2.42. The zero-order valence-corrected chi connectivity index (χ0v) is 12.2. The van der Waals surface area contributed by atoms with Crippen molar-refractivity contribution in [1.29, 1.82) is 0 Å². The fourth-order valence-electron chi connectivity index (χ4n) is 3.93. The van der Waals surface area contributed by atoms with E-state index >= 15 is 0 Å². The molecule has 0 saturated carbocycles. The van der Waals surface area contributed by atoms with Crippen molar-refractivity contribution in [2.45, 2.75) is 38.3 Å². The lowest BCUT2D eigenvalue weighted by molar-refractivity contribution is 0.0246. The van der Waals surface area contributed by atoms with Gasteiger partial charge in [-0.3, -0.25) is 9.58 Å². The van der Waals surface area contributed by atoms with Crippen LogP contribution < -0.4 is 0 Å². The summed E-state index contributed by atoms with van der Waals surface area (Å²) >= 11 is 0. The number of fused-ring (bicyclic) bond motifs is 2. The largest absolute Gasteiger partial charge is 0.291 e. The third-order valence-corrected chi connectivity index (χ3v) is 4.96. The Morgan fingerprint density at radius 1 is 1.25 bits per heavy atom. The number of aromatic nitrogens is 2. The Bertz CT molecular complexity index is 629. The monoisotopic (exact) mass is 267 g/mol. The lowest BCUT2D eigenvalue weighted by Gasteiger charge is -2.49. The lowest BCUT2D eigenvalue weighted by Crippen LogP contribution is -2.53. The van der Waals surface area contributed by atoms with Crippen LogP contribution in [-0.4, -0.2) is 27.3 Å². The average Bonchev–Trinajstić information content (AvgIpc) is 2.77. The number of aryl methyl sites for hydroxylation is 1. The van der Waals surface area contributed by atoms with E-state index < -0.39 is 0 Å². The van der Waals surface area contributed by atoms with Gasteiger partial charge in [0, 0.05) is 30.8 Å². The zero-order valence-electron chi connectivity index (χ0n) is 12.2. The molecule has 104 valence electrons. The lowest BCUT2D eigenvalue weighted by atomic mass is 9.83. The molecule has 3 heterocycles. The van der Waals surface area contributed by atoms with Crippen molar-refractivity contribution in [1.82, 2.24) is 14.7 Å². The van der Waals surface area contributed by atoms with Gasteiger partial charge < -0.3 is 0 Å². The van der Waals surface area contributed by atoms with Gasteiger partial charge in [-0.25, -0.2) is 0 Å². The number of hydrogen-bond acceptors (Lipinski definition) is 2. The summed E-state index contributed by atoms with van der Waals surface area (Å²) in [5, 5.41) is 4.87. The molecular weight excluding hydrogens is 246 g/mol. The third-order valence-electron chi connectivity index (χ3n) is 4.96. The highest BCUT2D eigenvalue weighted by molar-refractivity contribution is 5.65. The van der Waals surface area contributed by atoms with Gasteiger partial charge in [-0.2, -0.15) is 5.10 Å². The van der Waals surface area contributed by atoms with Gasteiger partial charge in [-0.05, 0) is 19.3 Å². The summed E-state index contributed by atoms with van der Waals surface area (Å²) in [6.45, 7) is 3.53. The molecule has 1 fully saturated rings. The second kappa shape index (κ2) is 4.45. The Hall–Kier alpha value is -1.61. The molecule has 3 nitrogen and oxygen atoms in total. The zero-order chi connectivity index (χ0) is 13.7. The highest BCUT2D eigenvalue weighted by atomic mass is 15.3. The molecule has 0 radical (unpaired) electrons. The summed E-state index contributed by atoms with van der Waals surface area (Å²) in [5.41, 5.74) is 5.44. The first-order valence-electron chi connectivity index (χ1n) is 7.66. The van der Waals surface area contributed by atoms with Gasteiger partial charge in [0.2, 0.25) is 0 Å². The quantitative estimate of drug-likeness (QED) is 0.833. The molecule has 0 bridgehead atoms. The molecule has 1 aromatic carbocycles. The molecule has 0 amide bonds. The molecular formula is C17H21N3. The maximum Gasteiger partial charge on any atom is 0.0835 e. The first-order chi connectivity index (χ1) is 9.79. The number of rotatable bonds is 2. The molecule has 3 heteroatoms. The van der Waals surface area contributed by atoms with E-state index in [1.807, 2.05) is 0 Å². The van der Waals surface area contributed by atoms with Gasteiger partial charge in [-0.15, -0.1) is 0 Å². The van der Waals surface area contributed by atoms with Crippen LogP contribution in [0.25, 0.3) is 11.3 Å². The Labute approximate surface area is 120 Å². The highest BCUT2D eigenvalue weighted by Crippen LogP contribution is 2.43. The molecule has 4 rings (SSSR count). The molecule has 2 aliphatic heterocycles. The van der Waals surface area contributed by atoms with Gasteiger partial charge in [0.15, 0.2) is 0 Å². The molecule has 2 aromatic rings. The van der Waals surface area contributed by atoms with Crippen molar-refractivity contribution in [3.63, 3.8) is 0 Å². The van der Waals surface area contributed by atoms with E-state index in [9.17, 15) is 0 Å². The smallest absolute Gasteiger partial charge is 0.0835 e. The first-order valence-corrected chi connectivity index (χ1v) is 7.66. The van der Waals surface area contributed by atoms with Crippen molar-refractivity contribution in [3.05, 3.63) is 41.6 Å². The van der Waals surface area contributed by atoms with E-state index in [1.54, 1.807) is 0 Å². The molecule has 0 aliphatic carbocycles. The molecule has 2 aliphatic rings. The fourth-order valence-corrected chi connectivity index (χ4v) is 3.93. The average molecular weight is 267 g/mol. The van der Waals surface area contributed by atoms with E-state index in [-0.39, 0.29) is 0 Å². The van der Waals surface area contributed by atoms with E-state index in [0.717, 1.165) is 12.5 Å². The van der Waals surface area contributed by atoms with Crippen molar-refractivity contribution in [3.8, 4) is 11.3 Å². The van der Waals surface area contributed by atoms with Gasteiger partial charge in [-0.1, -0.05) is 37.3 Å². The van der Waals surface area contributed by atoms with Crippen LogP contribution in [0.1, 0.15) is 37.1 Å². The van der Waals surface area contributed by atoms with E-state index in [4.69, 9.17) is 5.10 Å². The minimum atomic E-state index is 0.529. The number of benzene rings is 1. The number of nitrogens with zero attached hydrogens (tertiary/aromatic N) is 3. The Morgan fingerprint density at radius 3 is 2.70 bits per heavy atom. The number of hydrogen-bond donors (Lipinski definition) is 0. The van der Waals surface area contributed by atoms with Crippen molar-refractivity contribution in [2.75, 3.05) is 6.54 Å². The van der Waals surface area contributed by atoms with Gasteiger partial charge in [0.05, 0.1) is 17.4 Å². The van der Waals surface area contributed by atoms with E-state index in [1.165, 1.54) is 41.9 Å².